The minimum absolute atomic E-state index is 0.148. The van der Waals surface area contributed by atoms with Gasteiger partial charge < -0.3 is 11.5 Å². The molecular weight excluding hydrogens is 650 g/mol. The lowest BCUT2D eigenvalue weighted by atomic mass is 9.77. The normalized spacial score (nSPS) is 20.8. The molecule has 0 spiro atoms. The van der Waals surface area contributed by atoms with Gasteiger partial charge in [-0.3, -0.25) is 9.11 Å². The quantitative estimate of drug-likeness (QED) is 0.156. The number of halogens is 4. The van der Waals surface area contributed by atoms with Crippen molar-refractivity contribution >= 4 is 56.8 Å². The van der Waals surface area contributed by atoms with E-state index in [1.54, 1.807) is 0 Å². The Balaban J connectivity index is 0.000000171. The largest absolute Gasteiger partial charge is 0.394 e. The highest BCUT2D eigenvalue weighted by Gasteiger charge is 2.27. The maximum atomic E-state index is 8.74. The van der Waals surface area contributed by atoms with Crippen LogP contribution in [0.15, 0.2) is 84.9 Å². The van der Waals surface area contributed by atoms with E-state index >= 15 is 0 Å². The van der Waals surface area contributed by atoms with Gasteiger partial charge in [0.05, 0.1) is 20.1 Å². The van der Waals surface area contributed by atoms with Gasteiger partial charge in [-0.05, 0) is 83.3 Å². The summed E-state index contributed by atoms with van der Waals surface area (Å²) in [4.78, 5) is 0. The smallest absolute Gasteiger partial charge is 0.324 e. The summed E-state index contributed by atoms with van der Waals surface area (Å²) in [7, 11) is -4.67. The molecule has 6 nitrogen and oxygen atoms in total. The summed E-state index contributed by atoms with van der Waals surface area (Å²) in [6.07, 6.45) is 4.11. The van der Waals surface area contributed by atoms with Crippen molar-refractivity contribution in [1.82, 2.24) is 0 Å². The van der Waals surface area contributed by atoms with Crippen LogP contribution < -0.4 is 11.5 Å². The van der Waals surface area contributed by atoms with Crippen molar-refractivity contribution in [3.05, 3.63) is 138 Å². The van der Waals surface area contributed by atoms with Crippen molar-refractivity contribution in [3.8, 4) is 0 Å². The first kappa shape index (κ1) is 33.7. The molecule has 0 bridgehead atoms. The fourth-order valence-electron chi connectivity index (χ4n) is 5.80. The molecule has 0 unspecified atom stereocenters. The Bertz CT molecular complexity index is 1570. The Morgan fingerprint density at radius 2 is 0.860 bits per heavy atom. The highest BCUT2D eigenvalue weighted by atomic mass is 35.5. The molecule has 4 aromatic carbocycles. The lowest BCUT2D eigenvalue weighted by molar-refractivity contribution is 0.381. The molecule has 4 aromatic rings. The van der Waals surface area contributed by atoms with Crippen LogP contribution in [0.3, 0.4) is 0 Å². The number of benzene rings is 4. The molecule has 6 rings (SSSR count). The standard InChI is InChI=1S/2C16H15Cl2N.H2O4S/c2*17-14-7-5-10(9-15(14)18)11-6-8-16(19)13-4-2-1-3-12(11)13;1-5(2,3)4/h2*1-5,7,9,11,16H,6,8,19H2;(H2,1,2,3,4)/t2*11-,16-;/m00./s1. The Labute approximate surface area is 272 Å². The van der Waals surface area contributed by atoms with Gasteiger partial charge >= 0.3 is 10.4 Å². The minimum Gasteiger partial charge on any atom is -0.324 e. The second-order valence-corrected chi connectivity index (χ2v) is 13.1. The van der Waals surface area contributed by atoms with Crippen molar-refractivity contribution in [1.29, 1.82) is 0 Å². The molecule has 6 N–H and O–H groups in total. The SMILES string of the molecule is N[C@H]1CC[C@@H](c2ccc(Cl)c(Cl)c2)c2ccccc21.N[C@H]1CC[C@@H](c2ccc(Cl)c(Cl)c2)c2ccccc21.O=S(=O)(O)O. The minimum atomic E-state index is -4.67. The van der Waals surface area contributed by atoms with Gasteiger partial charge in [0, 0.05) is 23.9 Å². The number of nitrogens with two attached hydrogens (primary N) is 2. The van der Waals surface area contributed by atoms with E-state index in [0.29, 0.717) is 31.9 Å². The summed E-state index contributed by atoms with van der Waals surface area (Å²) in [5.41, 5.74) is 20.0. The molecule has 228 valence electrons. The predicted octanol–water partition coefficient (Wildman–Crippen LogP) is 9.19. The average molecular weight is 682 g/mol. The summed E-state index contributed by atoms with van der Waals surface area (Å²) in [6.45, 7) is 0. The van der Waals surface area contributed by atoms with Crippen LogP contribution in [0, 0.1) is 0 Å². The summed E-state index contributed by atoms with van der Waals surface area (Å²) in [5.74, 6) is 0.733. The van der Waals surface area contributed by atoms with Crippen LogP contribution in [0.25, 0.3) is 0 Å². The predicted molar refractivity (Wildman–Crippen MR) is 176 cm³/mol. The van der Waals surface area contributed by atoms with Crippen LogP contribution in [0.4, 0.5) is 0 Å². The Morgan fingerprint density at radius 1 is 0.535 bits per heavy atom. The van der Waals surface area contributed by atoms with E-state index in [-0.39, 0.29) is 12.1 Å². The molecular formula is C32H32Cl4N2O4S. The molecule has 0 radical (unpaired) electrons. The zero-order chi connectivity index (χ0) is 31.3. The molecule has 0 aromatic heterocycles. The van der Waals surface area contributed by atoms with Crippen molar-refractivity contribution in [2.75, 3.05) is 0 Å². The lowest BCUT2D eigenvalue weighted by Gasteiger charge is -2.30. The first-order chi connectivity index (χ1) is 20.3. The van der Waals surface area contributed by atoms with Gasteiger partial charge in [-0.15, -0.1) is 0 Å². The number of hydrogen-bond donors (Lipinski definition) is 4. The van der Waals surface area contributed by atoms with Crippen LogP contribution in [-0.2, 0) is 10.4 Å². The van der Waals surface area contributed by atoms with E-state index in [0.717, 1.165) is 25.7 Å². The summed E-state index contributed by atoms with van der Waals surface area (Å²) >= 11 is 24.2. The van der Waals surface area contributed by atoms with E-state index in [1.807, 2.05) is 24.3 Å². The Hall–Kier alpha value is -2.17. The third-order valence-electron chi connectivity index (χ3n) is 7.77. The van der Waals surface area contributed by atoms with Gasteiger partial charge in [0.25, 0.3) is 0 Å². The van der Waals surface area contributed by atoms with Crippen LogP contribution in [0.2, 0.25) is 20.1 Å². The zero-order valence-electron chi connectivity index (χ0n) is 23.0. The molecule has 0 heterocycles. The molecule has 0 aliphatic heterocycles. The Kier molecular flexibility index (Phi) is 11.6. The van der Waals surface area contributed by atoms with E-state index in [2.05, 4.69) is 60.7 Å². The van der Waals surface area contributed by atoms with Crippen molar-refractivity contribution in [2.24, 2.45) is 11.5 Å². The molecule has 2 aliphatic carbocycles. The summed E-state index contributed by atoms with van der Waals surface area (Å²) in [5, 5.41) is 2.44. The number of fused-ring (bicyclic) bond motifs is 2. The van der Waals surface area contributed by atoms with E-state index < -0.39 is 10.4 Å². The maximum absolute atomic E-state index is 8.74. The van der Waals surface area contributed by atoms with E-state index in [1.165, 1.54) is 33.4 Å². The van der Waals surface area contributed by atoms with Crippen molar-refractivity contribution in [3.63, 3.8) is 0 Å². The number of hydrogen-bond acceptors (Lipinski definition) is 4. The first-order valence-electron chi connectivity index (χ1n) is 13.6. The first-order valence-corrected chi connectivity index (χ1v) is 16.5. The topological polar surface area (TPSA) is 127 Å². The zero-order valence-corrected chi connectivity index (χ0v) is 26.8. The fourth-order valence-corrected chi connectivity index (χ4v) is 6.41. The molecule has 2 aliphatic rings. The van der Waals surface area contributed by atoms with Gasteiger partial charge in [0.2, 0.25) is 0 Å². The van der Waals surface area contributed by atoms with Gasteiger partial charge in [0.15, 0.2) is 0 Å². The second-order valence-electron chi connectivity index (χ2n) is 10.5. The third-order valence-corrected chi connectivity index (χ3v) is 9.24. The molecule has 0 amide bonds. The van der Waals surface area contributed by atoms with E-state index in [9.17, 15) is 0 Å². The van der Waals surface area contributed by atoms with E-state index in [4.69, 9.17) is 75.4 Å². The van der Waals surface area contributed by atoms with Crippen molar-refractivity contribution in [2.45, 2.75) is 49.6 Å². The summed E-state index contributed by atoms with van der Waals surface area (Å²) < 4.78 is 31.6. The van der Waals surface area contributed by atoms with Gasteiger partial charge in [-0.2, -0.15) is 8.42 Å². The van der Waals surface area contributed by atoms with Crippen LogP contribution in [-0.4, -0.2) is 17.5 Å². The Morgan fingerprint density at radius 3 is 1.19 bits per heavy atom. The third kappa shape index (κ3) is 8.94. The van der Waals surface area contributed by atoms with Crippen molar-refractivity contribution < 1.29 is 17.5 Å². The molecule has 11 heteroatoms. The summed E-state index contributed by atoms with van der Waals surface area (Å²) in [6, 6.07) is 29.0. The highest BCUT2D eigenvalue weighted by Crippen LogP contribution is 2.42. The van der Waals surface area contributed by atoms with Crippen LogP contribution >= 0.6 is 46.4 Å². The van der Waals surface area contributed by atoms with Gasteiger partial charge in [-0.25, -0.2) is 0 Å². The second kappa shape index (κ2) is 14.7. The molecule has 4 atom stereocenters. The van der Waals surface area contributed by atoms with Gasteiger partial charge in [-0.1, -0.05) is 107 Å². The fraction of sp³-hybridized carbons (Fsp3) is 0.250. The number of rotatable bonds is 2. The molecule has 0 fully saturated rings. The molecule has 0 saturated heterocycles. The molecule has 0 saturated carbocycles. The molecule has 43 heavy (non-hydrogen) atoms. The van der Waals surface area contributed by atoms with Gasteiger partial charge in [0.1, 0.15) is 0 Å². The monoisotopic (exact) mass is 680 g/mol. The van der Waals surface area contributed by atoms with Crippen LogP contribution in [0.5, 0.6) is 0 Å². The lowest BCUT2D eigenvalue weighted by Crippen LogP contribution is -2.20. The maximum Gasteiger partial charge on any atom is 0.394 e. The van der Waals surface area contributed by atoms with Crippen LogP contribution in [0.1, 0.15) is 83.0 Å². The average Bonchev–Trinajstić information content (AvgIpc) is 2.96. The highest BCUT2D eigenvalue weighted by molar-refractivity contribution is 7.79.